The molecule has 0 atom stereocenters. The molecule has 1 aromatic carbocycles. The van der Waals surface area contributed by atoms with Crippen LogP contribution in [0.4, 0.5) is 0 Å². The quantitative estimate of drug-likeness (QED) is 0.795. The van der Waals surface area contributed by atoms with Crippen LogP contribution in [0.25, 0.3) is 6.08 Å². The van der Waals surface area contributed by atoms with Crippen molar-refractivity contribution in [2.45, 2.75) is 13.8 Å². The van der Waals surface area contributed by atoms with Crippen LogP contribution < -0.4 is 5.32 Å². The van der Waals surface area contributed by atoms with Crippen molar-refractivity contribution >= 4 is 18.0 Å². The van der Waals surface area contributed by atoms with Gasteiger partial charge in [-0.2, -0.15) is 0 Å². The molecule has 0 unspecified atom stereocenters. The second kappa shape index (κ2) is 6.30. The van der Waals surface area contributed by atoms with Crippen LogP contribution in [0, 0.1) is 5.92 Å². The van der Waals surface area contributed by atoms with Gasteiger partial charge in [-0.05, 0) is 19.4 Å². The Labute approximate surface area is 128 Å². The van der Waals surface area contributed by atoms with Gasteiger partial charge in [-0.1, -0.05) is 42.5 Å². The zero-order valence-corrected chi connectivity index (χ0v) is 12.3. The van der Waals surface area contributed by atoms with Crippen LogP contribution in [-0.4, -0.2) is 22.2 Å². The molecule has 3 N–H and O–H groups in total. The van der Waals surface area contributed by atoms with E-state index in [0.717, 1.165) is 5.56 Å². The Kier molecular flexibility index (Phi) is 4.46. The maximum atomic E-state index is 11.5. The third kappa shape index (κ3) is 3.09. The van der Waals surface area contributed by atoms with Crippen LogP contribution in [0.2, 0.25) is 0 Å². The number of benzene rings is 1. The Bertz CT molecular complexity index is 663. The number of hydrogen-bond acceptors (Lipinski definition) is 3. The van der Waals surface area contributed by atoms with Crippen LogP contribution in [-0.2, 0) is 9.59 Å². The minimum atomic E-state index is -1.13. The van der Waals surface area contributed by atoms with Crippen LogP contribution in [0.5, 0.6) is 0 Å². The fourth-order valence-electron chi connectivity index (χ4n) is 2.58. The van der Waals surface area contributed by atoms with E-state index in [9.17, 15) is 19.8 Å². The lowest BCUT2D eigenvalue weighted by molar-refractivity contribution is -0.133. The molecule has 0 bridgehead atoms. The topological polar surface area (TPSA) is 86.6 Å². The van der Waals surface area contributed by atoms with E-state index in [1.807, 2.05) is 30.3 Å². The standard InChI is InChI=1S/C17H17NO4/c1-10-14(16(19)20)13(15(17(21)22)11(2)18-10)9-8-12-6-4-3-5-7-12/h3-9,13,18H,1-2H3,(H,19,20)(H,21,22). The molecule has 0 fully saturated rings. The molecule has 0 aliphatic carbocycles. The van der Waals surface area contributed by atoms with Crippen molar-refractivity contribution in [3.8, 4) is 0 Å². The van der Waals surface area contributed by atoms with Crippen molar-refractivity contribution in [3.63, 3.8) is 0 Å². The number of carboxylic acids is 2. The van der Waals surface area contributed by atoms with E-state index in [0.29, 0.717) is 11.4 Å². The van der Waals surface area contributed by atoms with Gasteiger partial charge in [-0.25, -0.2) is 9.59 Å². The largest absolute Gasteiger partial charge is 0.478 e. The van der Waals surface area contributed by atoms with Gasteiger partial charge >= 0.3 is 11.9 Å². The first-order valence-electron chi connectivity index (χ1n) is 6.80. The number of nitrogens with one attached hydrogen (secondary N) is 1. The van der Waals surface area contributed by atoms with E-state index in [4.69, 9.17) is 0 Å². The van der Waals surface area contributed by atoms with Crippen LogP contribution in [0.15, 0.2) is 58.9 Å². The minimum Gasteiger partial charge on any atom is -0.478 e. The second-order valence-electron chi connectivity index (χ2n) is 5.06. The van der Waals surface area contributed by atoms with Gasteiger partial charge in [0, 0.05) is 17.3 Å². The predicted octanol–water partition coefficient (Wildman–Crippen LogP) is 2.64. The normalized spacial score (nSPS) is 16.1. The number of dihydropyridines is 1. The molecule has 0 saturated carbocycles. The van der Waals surface area contributed by atoms with Gasteiger partial charge in [0.05, 0.1) is 11.1 Å². The summed E-state index contributed by atoms with van der Waals surface area (Å²) >= 11 is 0. The van der Waals surface area contributed by atoms with Gasteiger partial charge in [0.1, 0.15) is 0 Å². The Balaban J connectivity index is 2.48. The lowest BCUT2D eigenvalue weighted by Gasteiger charge is -2.26. The number of rotatable bonds is 4. The maximum Gasteiger partial charge on any atom is 0.334 e. The molecule has 0 aromatic heterocycles. The Hall–Kier alpha value is -2.82. The van der Waals surface area contributed by atoms with E-state index >= 15 is 0 Å². The Morgan fingerprint density at radius 1 is 1.00 bits per heavy atom. The zero-order chi connectivity index (χ0) is 16.3. The molecule has 0 spiro atoms. The summed E-state index contributed by atoms with van der Waals surface area (Å²) in [5, 5.41) is 21.7. The first-order chi connectivity index (χ1) is 10.4. The molecule has 0 saturated heterocycles. The second-order valence-corrected chi connectivity index (χ2v) is 5.06. The lowest BCUT2D eigenvalue weighted by atomic mass is 9.85. The molecular weight excluding hydrogens is 282 g/mol. The summed E-state index contributed by atoms with van der Waals surface area (Å²) in [5.41, 5.74) is 1.90. The smallest absolute Gasteiger partial charge is 0.334 e. The Morgan fingerprint density at radius 2 is 1.50 bits per heavy atom. The highest BCUT2D eigenvalue weighted by molar-refractivity contribution is 5.97. The van der Waals surface area contributed by atoms with E-state index in [2.05, 4.69) is 5.32 Å². The molecule has 0 radical (unpaired) electrons. The summed E-state index contributed by atoms with van der Waals surface area (Å²) in [6.07, 6.45) is 3.36. The highest BCUT2D eigenvalue weighted by atomic mass is 16.4. The highest BCUT2D eigenvalue weighted by Crippen LogP contribution is 2.31. The van der Waals surface area contributed by atoms with Crippen molar-refractivity contribution in [1.82, 2.24) is 5.32 Å². The van der Waals surface area contributed by atoms with Gasteiger partial charge < -0.3 is 15.5 Å². The van der Waals surface area contributed by atoms with Crippen LogP contribution in [0.1, 0.15) is 19.4 Å². The predicted molar refractivity (Wildman–Crippen MR) is 82.8 cm³/mol. The number of hydrogen-bond donors (Lipinski definition) is 3. The van der Waals surface area contributed by atoms with Gasteiger partial charge in [-0.15, -0.1) is 0 Å². The summed E-state index contributed by atoms with van der Waals surface area (Å²) in [4.78, 5) is 23.0. The highest BCUT2D eigenvalue weighted by Gasteiger charge is 2.33. The van der Waals surface area contributed by atoms with E-state index in [1.54, 1.807) is 26.0 Å². The minimum absolute atomic E-state index is 0.0511. The molecule has 1 aliphatic heterocycles. The molecule has 1 aliphatic rings. The molecule has 0 amide bonds. The summed E-state index contributed by atoms with van der Waals surface area (Å²) in [6.45, 7) is 3.27. The van der Waals surface area contributed by atoms with E-state index in [-0.39, 0.29) is 11.1 Å². The summed E-state index contributed by atoms with van der Waals surface area (Å²) in [5.74, 6) is -3.05. The molecule has 1 heterocycles. The molecule has 22 heavy (non-hydrogen) atoms. The molecule has 1 aromatic rings. The third-order valence-electron chi connectivity index (χ3n) is 3.55. The average molecular weight is 299 g/mol. The number of carbonyl (C=O) groups is 2. The molecule has 5 nitrogen and oxygen atoms in total. The average Bonchev–Trinajstić information content (AvgIpc) is 2.44. The fraction of sp³-hybridized carbons (Fsp3) is 0.176. The summed E-state index contributed by atoms with van der Waals surface area (Å²) in [6, 6.07) is 9.33. The van der Waals surface area contributed by atoms with Crippen molar-refractivity contribution in [1.29, 1.82) is 0 Å². The summed E-state index contributed by atoms with van der Waals surface area (Å²) < 4.78 is 0. The van der Waals surface area contributed by atoms with Crippen LogP contribution >= 0.6 is 0 Å². The summed E-state index contributed by atoms with van der Waals surface area (Å²) in [7, 11) is 0. The Morgan fingerprint density at radius 3 is 1.95 bits per heavy atom. The molecular formula is C17H17NO4. The van der Waals surface area contributed by atoms with Crippen molar-refractivity contribution < 1.29 is 19.8 Å². The number of allylic oxidation sites excluding steroid dienone is 3. The van der Waals surface area contributed by atoms with Gasteiger partial charge in [-0.3, -0.25) is 0 Å². The fourth-order valence-corrected chi connectivity index (χ4v) is 2.58. The van der Waals surface area contributed by atoms with Crippen LogP contribution in [0.3, 0.4) is 0 Å². The maximum absolute atomic E-state index is 11.5. The molecule has 2 rings (SSSR count). The first-order valence-corrected chi connectivity index (χ1v) is 6.80. The first kappa shape index (κ1) is 15.6. The number of aliphatic carboxylic acids is 2. The molecule has 114 valence electrons. The van der Waals surface area contributed by atoms with Crippen molar-refractivity contribution in [3.05, 3.63) is 64.5 Å². The van der Waals surface area contributed by atoms with Crippen molar-refractivity contribution in [2.24, 2.45) is 5.92 Å². The van der Waals surface area contributed by atoms with Crippen molar-refractivity contribution in [2.75, 3.05) is 0 Å². The number of carboxylic acid groups (broad SMARTS) is 2. The zero-order valence-electron chi connectivity index (χ0n) is 12.3. The van der Waals surface area contributed by atoms with Gasteiger partial charge in [0.2, 0.25) is 0 Å². The lowest BCUT2D eigenvalue weighted by Crippen LogP contribution is -2.31. The van der Waals surface area contributed by atoms with Gasteiger partial charge in [0.25, 0.3) is 0 Å². The van der Waals surface area contributed by atoms with E-state index < -0.39 is 17.9 Å². The SMILES string of the molecule is CC1=C(C(=O)O)C(C=Cc2ccccc2)C(C(=O)O)=C(C)N1. The molecule has 5 heteroatoms. The third-order valence-corrected chi connectivity index (χ3v) is 3.55. The van der Waals surface area contributed by atoms with E-state index in [1.165, 1.54) is 0 Å². The van der Waals surface area contributed by atoms with Gasteiger partial charge in [0.15, 0.2) is 0 Å². The monoisotopic (exact) mass is 299 g/mol.